The number of ketones is 1. The van der Waals surface area contributed by atoms with Crippen LogP contribution in [0.4, 0.5) is 13.2 Å². The van der Waals surface area contributed by atoms with Gasteiger partial charge in [0.25, 0.3) is 5.78 Å². The standard InChI is InChI=1S/C12H13N2O.CHF3O3S/c1-13-8-9-14(2)12(13)11(15)10-6-4-3-5-7-10;2-1(3,4)8(5,6)7/h3-9H,1-2H3;(H,5,6,7)/q+1;/p-1. The maximum atomic E-state index is 12.1. The average molecular weight is 350 g/mol. The number of imidazole rings is 1. The first-order chi connectivity index (χ1) is 10.4. The van der Waals surface area contributed by atoms with E-state index in [-0.39, 0.29) is 5.78 Å². The van der Waals surface area contributed by atoms with E-state index in [0.717, 1.165) is 5.56 Å². The van der Waals surface area contributed by atoms with Crippen molar-refractivity contribution >= 4 is 15.9 Å². The molecule has 2 rings (SSSR count). The molecule has 6 nitrogen and oxygen atoms in total. The second kappa shape index (κ2) is 6.92. The number of alkyl halides is 3. The summed E-state index contributed by atoms with van der Waals surface area (Å²) < 4.78 is 62.6. The summed E-state index contributed by atoms with van der Waals surface area (Å²) in [5.41, 5.74) is -4.93. The fourth-order valence-corrected chi connectivity index (χ4v) is 1.63. The number of hydrogen-bond donors (Lipinski definition) is 0. The topological polar surface area (TPSA) is 83.1 Å². The third kappa shape index (κ3) is 4.89. The number of halogens is 3. The third-order valence-corrected chi connectivity index (χ3v) is 3.27. The summed E-state index contributed by atoms with van der Waals surface area (Å²) in [5.74, 6) is 0.729. The van der Waals surface area contributed by atoms with E-state index in [1.807, 2.05) is 66.0 Å². The molecule has 0 saturated heterocycles. The van der Waals surface area contributed by atoms with Gasteiger partial charge in [-0.1, -0.05) is 30.3 Å². The minimum Gasteiger partial charge on any atom is -0.741 e. The Balaban J connectivity index is 0.000000284. The molecule has 0 aliphatic heterocycles. The molecule has 0 aliphatic rings. The molecule has 0 radical (unpaired) electrons. The van der Waals surface area contributed by atoms with Crippen molar-refractivity contribution in [3.8, 4) is 0 Å². The predicted molar refractivity (Wildman–Crippen MR) is 72.2 cm³/mol. The lowest BCUT2D eigenvalue weighted by Crippen LogP contribution is -2.35. The molecule has 1 aromatic heterocycles. The van der Waals surface area contributed by atoms with Crippen LogP contribution in [0.1, 0.15) is 16.2 Å². The minimum absolute atomic E-state index is 0.0469. The number of hydrogen-bond acceptors (Lipinski definition) is 4. The molecule has 10 heteroatoms. The van der Waals surface area contributed by atoms with Crippen LogP contribution in [0.2, 0.25) is 0 Å². The van der Waals surface area contributed by atoms with E-state index < -0.39 is 15.6 Å². The Morgan fingerprint density at radius 1 is 1.22 bits per heavy atom. The molecule has 0 amide bonds. The highest BCUT2D eigenvalue weighted by Gasteiger charge is 2.36. The number of benzene rings is 1. The van der Waals surface area contributed by atoms with Crippen LogP contribution in [-0.2, 0) is 24.2 Å². The van der Waals surface area contributed by atoms with Crippen LogP contribution in [0.3, 0.4) is 0 Å². The zero-order valence-electron chi connectivity index (χ0n) is 12.1. The Morgan fingerprint density at radius 3 is 2.04 bits per heavy atom. The molecule has 0 N–H and O–H groups in total. The molecule has 1 aromatic carbocycles. The summed E-state index contributed by atoms with van der Waals surface area (Å²) >= 11 is 0. The van der Waals surface area contributed by atoms with Crippen LogP contribution in [-0.4, -0.2) is 28.8 Å². The van der Waals surface area contributed by atoms with E-state index in [1.165, 1.54) is 0 Å². The summed E-state index contributed by atoms with van der Waals surface area (Å²) in [6.45, 7) is 0. The van der Waals surface area contributed by atoms with Crippen LogP contribution < -0.4 is 4.57 Å². The van der Waals surface area contributed by atoms with Crippen molar-refractivity contribution < 1.29 is 35.5 Å². The number of aryl methyl sites for hydroxylation is 2. The van der Waals surface area contributed by atoms with Gasteiger partial charge in [0.15, 0.2) is 10.1 Å². The monoisotopic (exact) mass is 350 g/mol. The lowest BCUT2D eigenvalue weighted by molar-refractivity contribution is -0.672. The van der Waals surface area contributed by atoms with Crippen LogP contribution in [0.15, 0.2) is 42.7 Å². The van der Waals surface area contributed by atoms with Crippen molar-refractivity contribution in [2.45, 2.75) is 5.51 Å². The Morgan fingerprint density at radius 2 is 1.70 bits per heavy atom. The highest BCUT2D eigenvalue weighted by molar-refractivity contribution is 7.86. The zero-order chi connectivity index (χ0) is 17.8. The number of carbonyl (C=O) groups is 1. The molecular weight excluding hydrogens is 337 g/mol. The average Bonchev–Trinajstić information content (AvgIpc) is 2.77. The summed E-state index contributed by atoms with van der Waals surface area (Å²) in [6.07, 6.45) is 3.74. The molecule has 1 heterocycles. The van der Waals surface area contributed by atoms with E-state index in [2.05, 4.69) is 0 Å². The zero-order valence-corrected chi connectivity index (χ0v) is 12.9. The molecule has 0 unspecified atom stereocenters. The maximum absolute atomic E-state index is 12.1. The summed E-state index contributed by atoms with van der Waals surface area (Å²) in [7, 11) is -2.35. The molecule has 0 fully saturated rings. The SMILES string of the molecule is Cn1cc[n+](C)c1C(=O)c1ccccc1.O=S(=O)([O-])C(F)(F)F. The van der Waals surface area contributed by atoms with Crippen LogP contribution >= 0.6 is 0 Å². The molecule has 0 aliphatic carbocycles. The third-order valence-electron chi connectivity index (χ3n) is 2.70. The molecule has 23 heavy (non-hydrogen) atoms. The van der Waals surface area contributed by atoms with Crippen molar-refractivity contribution in [1.29, 1.82) is 0 Å². The molecule has 0 saturated carbocycles. The molecule has 0 atom stereocenters. The molecule has 0 spiro atoms. The Labute approximate surface area is 130 Å². The van der Waals surface area contributed by atoms with Crippen molar-refractivity contribution in [2.75, 3.05) is 0 Å². The van der Waals surface area contributed by atoms with Crippen molar-refractivity contribution in [2.24, 2.45) is 14.1 Å². The van der Waals surface area contributed by atoms with Gasteiger partial charge in [-0.3, -0.25) is 4.79 Å². The Hall–Kier alpha value is -2.20. The largest absolute Gasteiger partial charge is 0.741 e. The Bertz CT molecular complexity index is 764. The summed E-state index contributed by atoms with van der Waals surface area (Å²) in [4.78, 5) is 12.1. The number of rotatable bonds is 2. The number of carbonyl (C=O) groups excluding carboxylic acids is 1. The minimum atomic E-state index is -6.09. The quantitative estimate of drug-likeness (QED) is 0.352. The first-order valence-electron chi connectivity index (χ1n) is 6.08. The van der Waals surface area contributed by atoms with Gasteiger partial charge >= 0.3 is 11.3 Å². The second-order valence-corrected chi connectivity index (χ2v) is 5.81. The van der Waals surface area contributed by atoms with Gasteiger partial charge in [-0.05, 0) is 0 Å². The highest BCUT2D eigenvalue weighted by atomic mass is 32.2. The first-order valence-corrected chi connectivity index (χ1v) is 7.49. The van der Waals surface area contributed by atoms with E-state index in [4.69, 9.17) is 13.0 Å². The first kappa shape index (κ1) is 18.8. The smallest absolute Gasteiger partial charge is 0.485 e. The van der Waals surface area contributed by atoms with Gasteiger partial charge in [-0.2, -0.15) is 13.2 Å². The number of aromatic nitrogens is 2. The molecule has 2 aromatic rings. The van der Waals surface area contributed by atoms with E-state index in [1.54, 1.807) is 0 Å². The predicted octanol–water partition coefficient (Wildman–Crippen LogP) is 1.13. The van der Waals surface area contributed by atoms with Crippen molar-refractivity contribution in [1.82, 2.24) is 4.57 Å². The molecule has 126 valence electrons. The lowest BCUT2D eigenvalue weighted by atomic mass is 10.1. The van der Waals surface area contributed by atoms with Crippen molar-refractivity contribution in [3.05, 3.63) is 54.1 Å². The van der Waals surface area contributed by atoms with Crippen LogP contribution in [0.5, 0.6) is 0 Å². The molecular formula is C13H13F3N2O4S. The fraction of sp³-hybridized carbons (Fsp3) is 0.231. The molecule has 0 bridgehead atoms. The van der Waals surface area contributed by atoms with Crippen molar-refractivity contribution in [3.63, 3.8) is 0 Å². The van der Waals surface area contributed by atoms with Gasteiger partial charge in [0, 0.05) is 5.56 Å². The van der Waals surface area contributed by atoms with Gasteiger partial charge in [0.1, 0.15) is 12.4 Å². The summed E-state index contributed by atoms with van der Waals surface area (Å²) in [6, 6.07) is 9.30. The normalized spacial score (nSPS) is 11.6. The van der Waals surface area contributed by atoms with Gasteiger partial charge in [-0.25, -0.2) is 17.6 Å². The number of nitrogens with zero attached hydrogens (tertiary/aromatic N) is 2. The lowest BCUT2D eigenvalue weighted by Gasteiger charge is -2.08. The summed E-state index contributed by atoms with van der Waals surface area (Å²) in [5, 5.41) is 0. The Kier molecular flexibility index (Phi) is 5.67. The van der Waals surface area contributed by atoms with E-state index in [9.17, 15) is 18.0 Å². The fourth-order valence-electron chi connectivity index (χ4n) is 1.63. The highest BCUT2D eigenvalue weighted by Crippen LogP contribution is 2.20. The van der Waals surface area contributed by atoms with Crippen LogP contribution in [0, 0.1) is 0 Å². The van der Waals surface area contributed by atoms with Crippen LogP contribution in [0.25, 0.3) is 0 Å². The van der Waals surface area contributed by atoms with Gasteiger partial charge in [-0.15, -0.1) is 0 Å². The maximum Gasteiger partial charge on any atom is 0.485 e. The van der Waals surface area contributed by atoms with E-state index in [0.29, 0.717) is 5.82 Å². The van der Waals surface area contributed by atoms with Gasteiger partial charge in [0.2, 0.25) is 0 Å². The van der Waals surface area contributed by atoms with Gasteiger partial charge in [0.05, 0.1) is 14.1 Å². The van der Waals surface area contributed by atoms with E-state index >= 15 is 0 Å². The van der Waals surface area contributed by atoms with Gasteiger partial charge < -0.3 is 4.55 Å². The second-order valence-electron chi connectivity index (χ2n) is 4.44.